The summed E-state index contributed by atoms with van der Waals surface area (Å²) in [5.41, 5.74) is 2.33. The zero-order chi connectivity index (χ0) is 25.5. The van der Waals surface area contributed by atoms with Crippen molar-refractivity contribution in [2.24, 2.45) is 5.92 Å². The SMILES string of the molecule is CCC(C(=O)NCC(C)C)N(Cc1ccc(C)cc1)C(=O)CN(c1ccc(Br)cc1)S(C)(=O)=O. The molecule has 0 aromatic heterocycles. The number of carbonyl (C=O) groups is 2. The Hall–Kier alpha value is -2.39. The third kappa shape index (κ3) is 8.13. The highest BCUT2D eigenvalue weighted by molar-refractivity contribution is 9.10. The molecule has 0 saturated heterocycles. The average molecular weight is 553 g/mol. The summed E-state index contributed by atoms with van der Waals surface area (Å²) < 4.78 is 27.0. The van der Waals surface area contributed by atoms with Crippen LogP contribution in [0.2, 0.25) is 0 Å². The van der Waals surface area contributed by atoms with Crippen molar-refractivity contribution < 1.29 is 18.0 Å². The zero-order valence-electron chi connectivity index (χ0n) is 20.4. The molecule has 0 saturated carbocycles. The van der Waals surface area contributed by atoms with Crippen LogP contribution in [-0.2, 0) is 26.2 Å². The number of aryl methyl sites for hydroxylation is 1. The summed E-state index contributed by atoms with van der Waals surface area (Å²) >= 11 is 3.34. The van der Waals surface area contributed by atoms with Gasteiger partial charge in [0.05, 0.1) is 11.9 Å². The average Bonchev–Trinajstić information content (AvgIpc) is 2.77. The van der Waals surface area contributed by atoms with Gasteiger partial charge in [-0.05, 0) is 49.1 Å². The Balaban J connectivity index is 2.39. The Morgan fingerprint density at radius 1 is 1.03 bits per heavy atom. The zero-order valence-corrected chi connectivity index (χ0v) is 22.8. The third-order valence-corrected chi connectivity index (χ3v) is 7.01. The summed E-state index contributed by atoms with van der Waals surface area (Å²) in [5.74, 6) is -0.424. The van der Waals surface area contributed by atoms with Crippen molar-refractivity contribution in [3.63, 3.8) is 0 Å². The van der Waals surface area contributed by atoms with Gasteiger partial charge < -0.3 is 10.2 Å². The Morgan fingerprint density at radius 3 is 2.12 bits per heavy atom. The molecule has 34 heavy (non-hydrogen) atoms. The van der Waals surface area contributed by atoms with Crippen molar-refractivity contribution in [3.8, 4) is 0 Å². The Labute approximate surface area is 211 Å². The van der Waals surface area contributed by atoms with Crippen LogP contribution in [0.5, 0.6) is 0 Å². The second-order valence-corrected chi connectivity index (χ2v) is 11.6. The molecule has 1 atom stereocenters. The second-order valence-electron chi connectivity index (χ2n) is 8.82. The molecule has 1 unspecified atom stereocenters. The molecule has 0 bridgehead atoms. The van der Waals surface area contributed by atoms with Crippen LogP contribution in [0.1, 0.15) is 38.3 Å². The van der Waals surface area contributed by atoms with E-state index in [1.807, 2.05) is 52.0 Å². The highest BCUT2D eigenvalue weighted by Gasteiger charge is 2.31. The minimum absolute atomic E-state index is 0.199. The molecule has 0 fully saturated rings. The third-order valence-electron chi connectivity index (χ3n) is 5.34. The number of amides is 2. The van der Waals surface area contributed by atoms with E-state index in [2.05, 4.69) is 21.2 Å². The smallest absolute Gasteiger partial charge is 0.244 e. The lowest BCUT2D eigenvalue weighted by Crippen LogP contribution is -2.52. The Kier molecular flexibility index (Phi) is 10.1. The molecule has 0 heterocycles. The van der Waals surface area contributed by atoms with Crippen molar-refractivity contribution in [1.82, 2.24) is 10.2 Å². The molecule has 2 amide bonds. The fourth-order valence-corrected chi connectivity index (χ4v) is 4.57. The molecule has 0 aliphatic rings. The van der Waals surface area contributed by atoms with Crippen LogP contribution in [0.15, 0.2) is 53.0 Å². The van der Waals surface area contributed by atoms with Gasteiger partial charge in [0, 0.05) is 17.6 Å². The van der Waals surface area contributed by atoms with Gasteiger partial charge in [-0.2, -0.15) is 0 Å². The van der Waals surface area contributed by atoms with Crippen LogP contribution in [0, 0.1) is 12.8 Å². The number of hydrogen-bond acceptors (Lipinski definition) is 4. The molecule has 0 spiro atoms. The number of benzene rings is 2. The van der Waals surface area contributed by atoms with E-state index in [0.717, 1.165) is 26.2 Å². The molecule has 2 aromatic rings. The molecule has 2 aromatic carbocycles. The lowest BCUT2D eigenvalue weighted by atomic mass is 10.1. The van der Waals surface area contributed by atoms with Crippen LogP contribution in [0.4, 0.5) is 5.69 Å². The number of carbonyl (C=O) groups excluding carboxylic acids is 2. The Bertz CT molecular complexity index is 1070. The number of rotatable bonds is 11. The standard InChI is InChI=1S/C25H34BrN3O4S/c1-6-23(25(31)27-15-18(2)3)28(16-20-9-7-19(4)8-10-20)24(30)17-29(34(5,32)33)22-13-11-21(26)12-14-22/h7-14,18,23H,6,15-17H2,1-5H3,(H,27,31). The fraction of sp³-hybridized carbons (Fsp3) is 0.440. The monoisotopic (exact) mass is 551 g/mol. The molecular weight excluding hydrogens is 518 g/mol. The first-order valence-electron chi connectivity index (χ1n) is 11.3. The first-order chi connectivity index (χ1) is 15.9. The lowest BCUT2D eigenvalue weighted by Gasteiger charge is -2.33. The van der Waals surface area contributed by atoms with Crippen molar-refractivity contribution in [2.45, 2.75) is 46.7 Å². The molecule has 7 nitrogen and oxygen atoms in total. The molecule has 0 radical (unpaired) electrons. The van der Waals surface area contributed by atoms with Gasteiger partial charge in [0.1, 0.15) is 12.6 Å². The lowest BCUT2D eigenvalue weighted by molar-refractivity contribution is -0.140. The summed E-state index contributed by atoms with van der Waals surface area (Å²) in [6, 6.07) is 13.7. The predicted molar refractivity (Wildman–Crippen MR) is 140 cm³/mol. The van der Waals surface area contributed by atoms with Crippen LogP contribution < -0.4 is 9.62 Å². The first-order valence-corrected chi connectivity index (χ1v) is 13.9. The van der Waals surface area contributed by atoms with Crippen LogP contribution in [0.25, 0.3) is 0 Å². The normalized spacial score (nSPS) is 12.3. The maximum Gasteiger partial charge on any atom is 0.244 e. The van der Waals surface area contributed by atoms with Crippen molar-refractivity contribution in [2.75, 3.05) is 23.7 Å². The van der Waals surface area contributed by atoms with Gasteiger partial charge in [0.15, 0.2) is 0 Å². The molecule has 0 aliphatic carbocycles. The topological polar surface area (TPSA) is 86.8 Å². The van der Waals surface area contributed by atoms with Crippen molar-refractivity contribution in [1.29, 1.82) is 0 Å². The highest BCUT2D eigenvalue weighted by atomic mass is 79.9. The van der Waals surface area contributed by atoms with Gasteiger partial charge in [0.2, 0.25) is 21.8 Å². The van der Waals surface area contributed by atoms with Crippen LogP contribution in [0.3, 0.4) is 0 Å². The minimum Gasteiger partial charge on any atom is -0.354 e. The maximum absolute atomic E-state index is 13.6. The van der Waals surface area contributed by atoms with Crippen molar-refractivity contribution >= 4 is 43.5 Å². The van der Waals surface area contributed by atoms with E-state index in [-0.39, 0.29) is 18.4 Å². The molecular formula is C25H34BrN3O4S. The number of hydrogen-bond donors (Lipinski definition) is 1. The van der Waals surface area contributed by atoms with Gasteiger partial charge >= 0.3 is 0 Å². The quantitative estimate of drug-likeness (QED) is 0.455. The van der Waals surface area contributed by atoms with Gasteiger partial charge in [-0.1, -0.05) is 66.5 Å². The predicted octanol–water partition coefficient (Wildman–Crippen LogP) is 4.10. The van der Waals surface area contributed by atoms with Gasteiger partial charge in [0.25, 0.3) is 0 Å². The number of halogens is 1. The number of nitrogens with one attached hydrogen (secondary N) is 1. The number of anilines is 1. The summed E-state index contributed by atoms with van der Waals surface area (Å²) in [5, 5.41) is 2.91. The van der Waals surface area contributed by atoms with Crippen LogP contribution >= 0.6 is 15.9 Å². The largest absolute Gasteiger partial charge is 0.354 e. The van der Waals surface area contributed by atoms with Gasteiger partial charge in [-0.25, -0.2) is 8.42 Å². The molecule has 186 valence electrons. The summed E-state index contributed by atoms with van der Waals surface area (Å²) in [4.78, 5) is 28.1. The fourth-order valence-electron chi connectivity index (χ4n) is 3.45. The number of sulfonamides is 1. The van der Waals surface area contributed by atoms with Crippen molar-refractivity contribution in [3.05, 3.63) is 64.1 Å². The van der Waals surface area contributed by atoms with Gasteiger partial charge in [-0.15, -0.1) is 0 Å². The van der Waals surface area contributed by atoms with E-state index in [9.17, 15) is 18.0 Å². The summed E-state index contributed by atoms with van der Waals surface area (Å²) in [6.07, 6.45) is 1.47. The van der Waals surface area contributed by atoms with E-state index >= 15 is 0 Å². The molecule has 2 rings (SSSR count). The minimum atomic E-state index is -3.74. The molecule has 9 heteroatoms. The van der Waals surface area contributed by atoms with Crippen LogP contribution in [-0.4, -0.2) is 50.5 Å². The molecule has 0 aliphatic heterocycles. The highest BCUT2D eigenvalue weighted by Crippen LogP contribution is 2.22. The maximum atomic E-state index is 13.6. The summed E-state index contributed by atoms with van der Waals surface area (Å²) in [7, 11) is -3.74. The summed E-state index contributed by atoms with van der Waals surface area (Å²) in [6.45, 7) is 8.11. The van der Waals surface area contributed by atoms with Gasteiger partial charge in [-0.3, -0.25) is 13.9 Å². The van der Waals surface area contributed by atoms with E-state index in [1.54, 1.807) is 24.3 Å². The van der Waals surface area contributed by atoms with E-state index in [1.165, 1.54) is 4.90 Å². The van der Waals surface area contributed by atoms with E-state index in [4.69, 9.17) is 0 Å². The second kappa shape index (κ2) is 12.4. The Morgan fingerprint density at radius 2 is 1.62 bits per heavy atom. The molecule has 1 N–H and O–H groups in total. The first kappa shape index (κ1) is 27.9. The van der Waals surface area contributed by atoms with E-state index in [0.29, 0.717) is 18.7 Å². The van der Waals surface area contributed by atoms with E-state index < -0.39 is 28.5 Å². The number of nitrogens with zero attached hydrogens (tertiary/aromatic N) is 2.